The van der Waals surface area contributed by atoms with Gasteiger partial charge in [-0.15, -0.1) is 0 Å². The lowest BCUT2D eigenvalue weighted by Gasteiger charge is -2.36. The Morgan fingerprint density at radius 2 is 1.52 bits per heavy atom. The number of anilines is 2. The highest BCUT2D eigenvalue weighted by molar-refractivity contribution is 6.14. The number of benzene rings is 2. The van der Waals surface area contributed by atoms with E-state index in [4.69, 9.17) is 0 Å². The van der Waals surface area contributed by atoms with Crippen molar-refractivity contribution in [3.63, 3.8) is 0 Å². The van der Waals surface area contributed by atoms with Gasteiger partial charge in [0.15, 0.2) is 5.57 Å². The van der Waals surface area contributed by atoms with Crippen molar-refractivity contribution in [1.82, 2.24) is 4.90 Å². The third kappa shape index (κ3) is 6.05. The largest absolute Gasteiger partial charge is 0.465 e. The lowest BCUT2D eigenvalue weighted by molar-refractivity contribution is -0.144. The van der Waals surface area contributed by atoms with Gasteiger partial charge in [0.1, 0.15) is 5.82 Å². The first-order valence-electron chi connectivity index (χ1n) is 9.95. The molecule has 164 valence electrons. The lowest BCUT2D eigenvalue weighted by Crippen LogP contribution is -2.45. The zero-order valence-electron chi connectivity index (χ0n) is 17.6. The Morgan fingerprint density at radius 1 is 0.935 bits per heavy atom. The van der Waals surface area contributed by atoms with E-state index in [0.29, 0.717) is 0 Å². The summed E-state index contributed by atoms with van der Waals surface area (Å²) < 4.78 is 22.3. The number of piperazine rings is 1. The van der Waals surface area contributed by atoms with Crippen LogP contribution in [0.3, 0.4) is 0 Å². The maximum atomic E-state index is 13.1. The van der Waals surface area contributed by atoms with Gasteiger partial charge in [-0.25, -0.2) is 14.0 Å². The number of carbonyl (C=O) groups is 2. The highest BCUT2D eigenvalue weighted by atomic mass is 19.1. The van der Waals surface area contributed by atoms with Gasteiger partial charge in [0.2, 0.25) is 0 Å². The number of nitrogens with zero attached hydrogens (tertiary/aromatic N) is 2. The molecule has 0 aromatic heterocycles. The van der Waals surface area contributed by atoms with E-state index < -0.39 is 11.9 Å². The van der Waals surface area contributed by atoms with Crippen LogP contribution in [0.4, 0.5) is 15.8 Å². The molecular weight excluding hydrogens is 401 g/mol. The van der Waals surface area contributed by atoms with Gasteiger partial charge in [-0.1, -0.05) is 12.1 Å². The normalized spacial score (nSPS) is 14.0. The van der Waals surface area contributed by atoms with Crippen LogP contribution in [-0.2, 0) is 25.6 Å². The van der Waals surface area contributed by atoms with E-state index in [-0.39, 0.29) is 11.4 Å². The topological polar surface area (TPSA) is 71.1 Å². The molecule has 8 heteroatoms. The lowest BCUT2D eigenvalue weighted by atomic mass is 10.1. The Kier molecular flexibility index (Phi) is 7.61. The van der Waals surface area contributed by atoms with Gasteiger partial charge in [-0.3, -0.25) is 4.90 Å². The molecule has 2 aromatic rings. The molecule has 1 fully saturated rings. The van der Waals surface area contributed by atoms with Crippen molar-refractivity contribution in [3.05, 3.63) is 71.7 Å². The fraction of sp³-hybridized carbons (Fsp3) is 0.304. The summed E-state index contributed by atoms with van der Waals surface area (Å²) in [6.07, 6.45) is 1.28. The zero-order valence-corrected chi connectivity index (χ0v) is 17.6. The average molecular weight is 427 g/mol. The maximum Gasteiger partial charge on any atom is 0.346 e. The number of esters is 2. The van der Waals surface area contributed by atoms with E-state index in [0.717, 1.165) is 49.7 Å². The molecule has 0 unspecified atom stereocenters. The van der Waals surface area contributed by atoms with Crippen molar-refractivity contribution >= 4 is 23.3 Å². The van der Waals surface area contributed by atoms with Crippen molar-refractivity contribution in [3.8, 4) is 0 Å². The number of hydrogen-bond acceptors (Lipinski definition) is 7. The molecule has 0 atom stereocenters. The Bertz CT molecular complexity index is 903. The number of ether oxygens (including phenoxy) is 2. The first-order chi connectivity index (χ1) is 15.0. The molecule has 1 aliphatic rings. The molecule has 31 heavy (non-hydrogen) atoms. The number of rotatable bonds is 7. The molecule has 0 saturated carbocycles. The zero-order chi connectivity index (χ0) is 22.2. The molecule has 0 amide bonds. The van der Waals surface area contributed by atoms with Crippen molar-refractivity contribution in [2.75, 3.05) is 50.6 Å². The number of nitrogens with one attached hydrogen (secondary N) is 1. The van der Waals surface area contributed by atoms with Crippen molar-refractivity contribution in [2.24, 2.45) is 0 Å². The fourth-order valence-electron chi connectivity index (χ4n) is 3.36. The van der Waals surface area contributed by atoms with Crippen LogP contribution in [0, 0.1) is 5.82 Å². The number of methoxy groups -OCH3 is 2. The molecule has 1 N–H and O–H groups in total. The van der Waals surface area contributed by atoms with E-state index in [1.807, 2.05) is 36.4 Å². The first-order valence-corrected chi connectivity index (χ1v) is 9.95. The average Bonchev–Trinajstić information content (AvgIpc) is 2.81. The van der Waals surface area contributed by atoms with Crippen LogP contribution in [-0.4, -0.2) is 57.2 Å². The molecule has 0 spiro atoms. The van der Waals surface area contributed by atoms with E-state index in [9.17, 15) is 14.0 Å². The van der Waals surface area contributed by atoms with Crippen molar-refractivity contribution in [1.29, 1.82) is 0 Å². The molecule has 0 aliphatic carbocycles. The van der Waals surface area contributed by atoms with E-state index in [1.165, 1.54) is 32.6 Å². The van der Waals surface area contributed by atoms with Gasteiger partial charge < -0.3 is 19.7 Å². The van der Waals surface area contributed by atoms with Crippen molar-refractivity contribution in [2.45, 2.75) is 6.54 Å². The van der Waals surface area contributed by atoms with Crippen LogP contribution in [0.1, 0.15) is 5.56 Å². The molecule has 1 saturated heterocycles. The molecule has 0 bridgehead atoms. The molecule has 0 radical (unpaired) electrons. The molecule has 3 rings (SSSR count). The minimum atomic E-state index is -0.768. The van der Waals surface area contributed by atoms with Gasteiger partial charge in [0, 0.05) is 50.3 Å². The summed E-state index contributed by atoms with van der Waals surface area (Å²) in [4.78, 5) is 28.0. The monoisotopic (exact) mass is 427 g/mol. The molecule has 1 aliphatic heterocycles. The van der Waals surface area contributed by atoms with Gasteiger partial charge in [-0.05, 0) is 42.0 Å². The standard InChI is InChI=1S/C23H26FN3O4/c1-30-22(28)21(23(29)31-2)15-25-19-7-3-17(4-8-19)16-26-11-13-27(14-12-26)20-9-5-18(24)6-10-20/h3-10,15,25H,11-14,16H2,1-2H3. The second-order valence-electron chi connectivity index (χ2n) is 7.12. The fourth-order valence-corrected chi connectivity index (χ4v) is 3.36. The smallest absolute Gasteiger partial charge is 0.346 e. The van der Waals surface area contributed by atoms with Gasteiger partial charge in [0.25, 0.3) is 0 Å². The highest BCUT2D eigenvalue weighted by Crippen LogP contribution is 2.18. The minimum absolute atomic E-state index is 0.215. The highest BCUT2D eigenvalue weighted by Gasteiger charge is 2.20. The van der Waals surface area contributed by atoms with Crippen molar-refractivity contribution < 1.29 is 23.5 Å². The third-order valence-corrected chi connectivity index (χ3v) is 5.12. The van der Waals surface area contributed by atoms with Crippen LogP contribution >= 0.6 is 0 Å². The Morgan fingerprint density at radius 3 is 2.06 bits per heavy atom. The molecular formula is C23H26FN3O4. The third-order valence-electron chi connectivity index (χ3n) is 5.12. The maximum absolute atomic E-state index is 13.1. The first kappa shape index (κ1) is 22.3. The van der Waals surface area contributed by atoms with Crippen LogP contribution < -0.4 is 10.2 Å². The summed E-state index contributed by atoms with van der Waals surface area (Å²) in [6, 6.07) is 14.4. The van der Waals surface area contributed by atoms with Crippen LogP contribution in [0.2, 0.25) is 0 Å². The van der Waals surface area contributed by atoms with E-state index >= 15 is 0 Å². The van der Waals surface area contributed by atoms with Crippen LogP contribution in [0.5, 0.6) is 0 Å². The second kappa shape index (κ2) is 10.6. The molecule has 1 heterocycles. The Labute approximate surface area is 181 Å². The summed E-state index contributed by atoms with van der Waals surface area (Å²) in [6.45, 7) is 4.44. The summed E-state index contributed by atoms with van der Waals surface area (Å²) in [7, 11) is 2.40. The Balaban J connectivity index is 1.53. The number of halogens is 1. The van der Waals surface area contributed by atoms with Crippen LogP contribution in [0.25, 0.3) is 0 Å². The molecule has 7 nitrogen and oxygen atoms in total. The second-order valence-corrected chi connectivity index (χ2v) is 7.12. The van der Waals surface area contributed by atoms with Gasteiger partial charge in [-0.2, -0.15) is 0 Å². The van der Waals surface area contributed by atoms with Crippen LogP contribution in [0.15, 0.2) is 60.3 Å². The number of carbonyl (C=O) groups excluding carboxylic acids is 2. The van der Waals surface area contributed by atoms with Gasteiger partial charge in [0.05, 0.1) is 14.2 Å². The predicted octanol–water partition coefficient (Wildman–Crippen LogP) is 2.79. The summed E-state index contributed by atoms with van der Waals surface area (Å²) in [5.74, 6) is -1.76. The summed E-state index contributed by atoms with van der Waals surface area (Å²) >= 11 is 0. The minimum Gasteiger partial charge on any atom is -0.465 e. The Hall–Kier alpha value is -3.39. The van der Waals surface area contributed by atoms with E-state index in [1.54, 1.807) is 0 Å². The predicted molar refractivity (Wildman–Crippen MR) is 116 cm³/mol. The SMILES string of the molecule is COC(=O)C(=CNc1ccc(CN2CCN(c3ccc(F)cc3)CC2)cc1)C(=O)OC. The summed E-state index contributed by atoms with van der Waals surface area (Å²) in [5.41, 5.74) is 2.72. The van der Waals surface area contributed by atoms with E-state index in [2.05, 4.69) is 24.6 Å². The summed E-state index contributed by atoms with van der Waals surface area (Å²) in [5, 5.41) is 2.92. The van der Waals surface area contributed by atoms with Gasteiger partial charge >= 0.3 is 11.9 Å². The number of hydrogen-bond donors (Lipinski definition) is 1. The quantitative estimate of drug-likeness (QED) is 0.315. The molecule has 2 aromatic carbocycles.